The molecule has 7 heteroatoms. The Morgan fingerprint density at radius 2 is 1.94 bits per heavy atom. The molecule has 1 amide bonds. The number of amides is 1. The van der Waals surface area contributed by atoms with Crippen molar-refractivity contribution < 1.29 is 18.0 Å². The molecule has 0 heterocycles. The van der Waals surface area contributed by atoms with Crippen molar-refractivity contribution in [1.82, 2.24) is 0 Å². The fraction of sp³-hybridized carbons (Fsp3) is 0.364. The van der Waals surface area contributed by atoms with Crippen LogP contribution in [0.4, 0.5) is 18.9 Å². The van der Waals surface area contributed by atoms with E-state index in [0.717, 1.165) is 0 Å². The first-order valence-electron chi connectivity index (χ1n) is 5.23. The van der Waals surface area contributed by atoms with Gasteiger partial charge < -0.3 is 11.1 Å². The Balaban J connectivity index is 2.68. The topological polar surface area (TPSA) is 55.1 Å². The van der Waals surface area contributed by atoms with Crippen molar-refractivity contribution in [2.45, 2.75) is 29.8 Å². The molecular formula is C11H13F3N2OS. The molecule has 1 aromatic carbocycles. The van der Waals surface area contributed by atoms with Gasteiger partial charge in [0.15, 0.2) is 0 Å². The molecule has 1 aromatic rings. The fourth-order valence-corrected chi connectivity index (χ4v) is 1.87. The number of carbonyl (C=O) groups is 1. The molecule has 3 nitrogen and oxygen atoms in total. The van der Waals surface area contributed by atoms with Gasteiger partial charge in [-0.25, -0.2) is 0 Å². The molecule has 0 aliphatic rings. The summed E-state index contributed by atoms with van der Waals surface area (Å²) in [5, 5.41) is 2.85. The van der Waals surface area contributed by atoms with Crippen LogP contribution in [-0.4, -0.2) is 17.5 Å². The van der Waals surface area contributed by atoms with Crippen LogP contribution in [0.15, 0.2) is 29.2 Å². The smallest absolute Gasteiger partial charge is 0.374 e. The van der Waals surface area contributed by atoms with Gasteiger partial charge in [-0.05, 0) is 42.4 Å². The Morgan fingerprint density at radius 1 is 1.39 bits per heavy atom. The first-order valence-corrected chi connectivity index (χ1v) is 6.05. The van der Waals surface area contributed by atoms with E-state index in [0.29, 0.717) is 12.1 Å². The second kappa shape index (κ2) is 5.99. The number of thioether (sulfide) groups is 1. The van der Waals surface area contributed by atoms with Gasteiger partial charge in [-0.2, -0.15) is 13.2 Å². The maximum Gasteiger partial charge on any atom is 0.446 e. The number of halogens is 3. The third-order valence-corrected chi connectivity index (χ3v) is 2.92. The minimum atomic E-state index is -4.30. The first kappa shape index (κ1) is 14.7. The van der Waals surface area contributed by atoms with E-state index in [1.165, 1.54) is 24.3 Å². The van der Waals surface area contributed by atoms with Gasteiger partial charge in [0.05, 0.1) is 0 Å². The van der Waals surface area contributed by atoms with Crippen LogP contribution in [0.3, 0.4) is 0 Å². The standard InChI is InChI=1S/C11H13F3N2OS/c1-2-9(10(15)17)16-7-3-5-8(6-4-7)18-11(12,13)14/h3-6,9,16H,2H2,1H3,(H2,15,17)/t9-/m0/s1. The van der Waals surface area contributed by atoms with E-state index in [9.17, 15) is 18.0 Å². The van der Waals surface area contributed by atoms with Crippen LogP contribution in [0.25, 0.3) is 0 Å². The van der Waals surface area contributed by atoms with E-state index in [2.05, 4.69) is 5.32 Å². The lowest BCUT2D eigenvalue weighted by atomic mass is 10.2. The number of alkyl halides is 3. The Hall–Kier alpha value is -1.37. The van der Waals surface area contributed by atoms with Crippen molar-refractivity contribution in [1.29, 1.82) is 0 Å². The minimum Gasteiger partial charge on any atom is -0.374 e. The summed E-state index contributed by atoms with van der Waals surface area (Å²) in [5.41, 5.74) is 1.42. The molecule has 0 unspecified atom stereocenters. The number of nitrogens with two attached hydrogens (primary N) is 1. The highest BCUT2D eigenvalue weighted by Crippen LogP contribution is 2.37. The van der Waals surface area contributed by atoms with Crippen molar-refractivity contribution in [3.63, 3.8) is 0 Å². The summed E-state index contributed by atoms with van der Waals surface area (Å²) in [5.74, 6) is -0.494. The number of carbonyl (C=O) groups excluding carboxylic acids is 1. The molecule has 3 N–H and O–H groups in total. The molecule has 0 fully saturated rings. The number of benzene rings is 1. The molecule has 0 aromatic heterocycles. The molecule has 0 saturated heterocycles. The molecule has 18 heavy (non-hydrogen) atoms. The van der Waals surface area contributed by atoms with Crippen LogP contribution < -0.4 is 11.1 Å². The predicted molar refractivity (Wildman–Crippen MR) is 65.3 cm³/mol. The van der Waals surface area contributed by atoms with E-state index < -0.39 is 17.5 Å². The number of hydrogen-bond acceptors (Lipinski definition) is 3. The molecule has 1 atom stereocenters. The van der Waals surface area contributed by atoms with Gasteiger partial charge in [0.2, 0.25) is 5.91 Å². The van der Waals surface area contributed by atoms with E-state index in [1.54, 1.807) is 6.92 Å². The highest BCUT2D eigenvalue weighted by molar-refractivity contribution is 8.00. The Morgan fingerprint density at radius 3 is 2.33 bits per heavy atom. The summed E-state index contributed by atoms with van der Waals surface area (Å²) in [4.78, 5) is 11.1. The van der Waals surface area contributed by atoms with Crippen LogP contribution in [0.5, 0.6) is 0 Å². The third kappa shape index (κ3) is 4.87. The highest BCUT2D eigenvalue weighted by atomic mass is 32.2. The van der Waals surface area contributed by atoms with Gasteiger partial charge in [0.25, 0.3) is 0 Å². The maximum absolute atomic E-state index is 12.1. The van der Waals surface area contributed by atoms with Gasteiger partial charge in [-0.3, -0.25) is 4.79 Å². The number of anilines is 1. The van der Waals surface area contributed by atoms with Gasteiger partial charge in [-0.15, -0.1) is 0 Å². The molecule has 0 aliphatic heterocycles. The van der Waals surface area contributed by atoms with E-state index in [4.69, 9.17) is 5.73 Å². The van der Waals surface area contributed by atoms with Crippen LogP contribution in [0.2, 0.25) is 0 Å². The minimum absolute atomic E-state index is 0.0974. The molecular weight excluding hydrogens is 265 g/mol. The molecule has 0 saturated carbocycles. The van der Waals surface area contributed by atoms with Crippen molar-refractivity contribution >= 4 is 23.4 Å². The van der Waals surface area contributed by atoms with Crippen molar-refractivity contribution in [3.8, 4) is 0 Å². The number of hydrogen-bond donors (Lipinski definition) is 2. The van der Waals surface area contributed by atoms with Crippen molar-refractivity contribution in [3.05, 3.63) is 24.3 Å². The van der Waals surface area contributed by atoms with Crippen LogP contribution in [0, 0.1) is 0 Å². The Kier molecular flexibility index (Phi) is 4.89. The van der Waals surface area contributed by atoms with Crippen LogP contribution >= 0.6 is 11.8 Å². The quantitative estimate of drug-likeness (QED) is 0.814. The number of rotatable bonds is 5. The Bertz CT molecular complexity index is 406. The predicted octanol–water partition coefficient (Wildman–Crippen LogP) is 2.97. The van der Waals surface area contributed by atoms with Crippen LogP contribution in [-0.2, 0) is 4.79 Å². The molecule has 100 valence electrons. The summed E-state index contributed by atoms with van der Waals surface area (Å²) in [7, 11) is 0. The van der Waals surface area contributed by atoms with Gasteiger partial charge in [0, 0.05) is 10.6 Å². The number of nitrogens with one attached hydrogen (secondary N) is 1. The molecule has 1 rings (SSSR count). The lowest BCUT2D eigenvalue weighted by Crippen LogP contribution is -2.34. The summed E-state index contributed by atoms with van der Waals surface area (Å²) in [6.45, 7) is 1.79. The van der Waals surface area contributed by atoms with E-state index in [-0.39, 0.29) is 16.7 Å². The fourth-order valence-electron chi connectivity index (χ4n) is 1.33. The Labute approximate surface area is 107 Å². The average molecular weight is 278 g/mol. The summed E-state index contributed by atoms with van der Waals surface area (Å²) < 4.78 is 36.3. The summed E-state index contributed by atoms with van der Waals surface area (Å²) >= 11 is -0.179. The molecule has 0 aliphatic carbocycles. The average Bonchev–Trinajstić information content (AvgIpc) is 2.25. The zero-order valence-electron chi connectivity index (χ0n) is 9.62. The molecule has 0 bridgehead atoms. The maximum atomic E-state index is 12.1. The molecule has 0 radical (unpaired) electrons. The summed E-state index contributed by atoms with van der Waals surface area (Å²) in [6, 6.07) is 5.13. The first-order chi connectivity index (χ1) is 8.31. The van der Waals surface area contributed by atoms with Gasteiger partial charge >= 0.3 is 5.51 Å². The largest absolute Gasteiger partial charge is 0.446 e. The third-order valence-electron chi connectivity index (χ3n) is 2.18. The van der Waals surface area contributed by atoms with Gasteiger partial charge in [0.1, 0.15) is 6.04 Å². The van der Waals surface area contributed by atoms with Crippen molar-refractivity contribution in [2.24, 2.45) is 5.73 Å². The normalized spacial score (nSPS) is 13.1. The van der Waals surface area contributed by atoms with Gasteiger partial charge in [-0.1, -0.05) is 6.92 Å². The van der Waals surface area contributed by atoms with Crippen LogP contribution in [0.1, 0.15) is 13.3 Å². The van der Waals surface area contributed by atoms with Crippen molar-refractivity contribution in [2.75, 3.05) is 5.32 Å². The summed E-state index contributed by atoms with van der Waals surface area (Å²) in [6.07, 6.45) is 0.508. The number of primary amides is 1. The lowest BCUT2D eigenvalue weighted by molar-refractivity contribution is -0.118. The lowest BCUT2D eigenvalue weighted by Gasteiger charge is -2.15. The monoisotopic (exact) mass is 278 g/mol. The zero-order valence-corrected chi connectivity index (χ0v) is 10.4. The molecule has 0 spiro atoms. The second-order valence-corrected chi connectivity index (χ2v) is 4.72. The highest BCUT2D eigenvalue weighted by Gasteiger charge is 2.29. The second-order valence-electron chi connectivity index (χ2n) is 3.58. The SMILES string of the molecule is CC[C@H](Nc1ccc(SC(F)(F)F)cc1)C(N)=O. The zero-order chi connectivity index (χ0) is 13.8. The van der Waals surface area contributed by atoms with E-state index >= 15 is 0 Å². The van der Waals surface area contributed by atoms with E-state index in [1.807, 2.05) is 0 Å².